The number of hydrogen-bond donors (Lipinski definition) is 3. The molecule has 0 aliphatic heterocycles. The number of H-pyrrole nitrogens is 2. The first-order valence-electron chi connectivity index (χ1n) is 3.87. The van der Waals surface area contributed by atoms with E-state index in [0.717, 1.165) is 15.7 Å². The fourth-order valence-electron chi connectivity index (χ4n) is 1.39. The third kappa shape index (κ3) is 0.814. The molecule has 3 aromatic heterocycles. The Balaban J connectivity index is 2.43. The second-order valence-corrected chi connectivity index (χ2v) is 3.92. The number of nitrogens with zero attached hydrogens (tertiary/aromatic N) is 2. The molecule has 70 valence electrons. The lowest BCUT2D eigenvalue weighted by atomic mass is 10.4. The lowest BCUT2D eigenvalue weighted by molar-refractivity contribution is 0.100. The number of aromatic amines is 2. The Morgan fingerprint density at radius 3 is 3.14 bits per heavy atom. The number of carbonyl (C=O) groups is 1. The lowest BCUT2D eigenvalue weighted by Gasteiger charge is -1.82. The second kappa shape index (κ2) is 2.32. The van der Waals surface area contributed by atoms with Crippen LogP contribution in [0.5, 0.6) is 0 Å². The van der Waals surface area contributed by atoms with Gasteiger partial charge in [0, 0.05) is 0 Å². The van der Waals surface area contributed by atoms with Gasteiger partial charge in [-0.2, -0.15) is 10.3 Å². The lowest BCUT2D eigenvalue weighted by Crippen LogP contribution is -2.08. The summed E-state index contributed by atoms with van der Waals surface area (Å²) in [5.41, 5.74) is 7.46. The number of hydrogen-bond acceptors (Lipinski definition) is 4. The van der Waals surface area contributed by atoms with Gasteiger partial charge >= 0.3 is 0 Å². The largest absolute Gasteiger partial charge is 0.365 e. The summed E-state index contributed by atoms with van der Waals surface area (Å²) in [6.07, 6.45) is 0. The number of primary amides is 1. The van der Waals surface area contributed by atoms with Crippen LogP contribution in [0.25, 0.3) is 21.4 Å². The van der Waals surface area contributed by atoms with Crippen molar-refractivity contribution in [3.05, 3.63) is 10.9 Å². The zero-order valence-corrected chi connectivity index (χ0v) is 7.68. The van der Waals surface area contributed by atoms with Gasteiger partial charge in [-0.05, 0) is 6.07 Å². The summed E-state index contributed by atoms with van der Waals surface area (Å²) in [5, 5.41) is 10.4. The molecule has 6 nitrogen and oxygen atoms in total. The van der Waals surface area contributed by atoms with E-state index in [9.17, 15) is 4.79 Å². The van der Waals surface area contributed by atoms with Crippen molar-refractivity contribution in [2.45, 2.75) is 0 Å². The number of fused-ring (bicyclic) bond motifs is 3. The van der Waals surface area contributed by atoms with E-state index in [2.05, 4.69) is 20.4 Å². The SMILES string of the molecule is NC(=O)c1cc2[nH]c3n[nH]nc3c2s1. The minimum Gasteiger partial charge on any atom is -0.365 e. The molecule has 3 rings (SSSR count). The first-order valence-corrected chi connectivity index (χ1v) is 4.69. The Bertz CT molecular complexity index is 633. The number of carbonyl (C=O) groups excluding carboxylic acids is 1. The predicted molar refractivity (Wildman–Crippen MR) is 52.1 cm³/mol. The molecule has 3 heterocycles. The van der Waals surface area contributed by atoms with Gasteiger partial charge in [-0.1, -0.05) is 0 Å². The van der Waals surface area contributed by atoms with Crippen molar-refractivity contribution >= 4 is 38.6 Å². The van der Waals surface area contributed by atoms with Gasteiger partial charge in [0.2, 0.25) is 0 Å². The molecule has 0 spiro atoms. The van der Waals surface area contributed by atoms with Gasteiger partial charge in [0.1, 0.15) is 5.52 Å². The molecular formula is C7H5N5OS. The van der Waals surface area contributed by atoms with E-state index < -0.39 is 5.91 Å². The van der Waals surface area contributed by atoms with E-state index in [1.165, 1.54) is 11.3 Å². The van der Waals surface area contributed by atoms with Gasteiger partial charge < -0.3 is 10.7 Å². The van der Waals surface area contributed by atoms with Crippen molar-refractivity contribution < 1.29 is 4.79 Å². The normalized spacial score (nSPS) is 11.4. The smallest absolute Gasteiger partial charge is 0.258 e. The second-order valence-electron chi connectivity index (χ2n) is 2.86. The summed E-state index contributed by atoms with van der Waals surface area (Å²) in [6.45, 7) is 0. The van der Waals surface area contributed by atoms with E-state index in [1.807, 2.05) is 0 Å². The summed E-state index contributed by atoms with van der Waals surface area (Å²) in [7, 11) is 0. The molecular weight excluding hydrogens is 202 g/mol. The van der Waals surface area contributed by atoms with Crippen molar-refractivity contribution in [2.75, 3.05) is 0 Å². The molecule has 0 saturated carbocycles. The zero-order valence-electron chi connectivity index (χ0n) is 6.87. The van der Waals surface area contributed by atoms with E-state index >= 15 is 0 Å². The van der Waals surface area contributed by atoms with Crippen LogP contribution in [-0.2, 0) is 0 Å². The Kier molecular flexibility index (Phi) is 1.25. The van der Waals surface area contributed by atoms with Crippen LogP contribution in [0.15, 0.2) is 6.07 Å². The Hall–Kier alpha value is -1.89. The average molecular weight is 207 g/mol. The highest BCUT2D eigenvalue weighted by molar-refractivity contribution is 7.21. The van der Waals surface area contributed by atoms with Gasteiger partial charge in [-0.15, -0.1) is 16.4 Å². The Morgan fingerprint density at radius 1 is 1.50 bits per heavy atom. The molecule has 3 aromatic rings. The van der Waals surface area contributed by atoms with Crippen LogP contribution in [0.3, 0.4) is 0 Å². The van der Waals surface area contributed by atoms with Crippen LogP contribution in [0, 0.1) is 0 Å². The van der Waals surface area contributed by atoms with Crippen LogP contribution in [0.1, 0.15) is 9.67 Å². The minimum atomic E-state index is -0.420. The van der Waals surface area contributed by atoms with Gasteiger partial charge in [-0.25, -0.2) is 0 Å². The van der Waals surface area contributed by atoms with Crippen LogP contribution in [0.2, 0.25) is 0 Å². The minimum absolute atomic E-state index is 0.420. The summed E-state index contributed by atoms with van der Waals surface area (Å²) < 4.78 is 0.905. The third-order valence-electron chi connectivity index (χ3n) is 1.99. The fourth-order valence-corrected chi connectivity index (χ4v) is 2.34. The summed E-state index contributed by atoms with van der Waals surface area (Å²) in [4.78, 5) is 14.5. The van der Waals surface area contributed by atoms with Crippen molar-refractivity contribution in [2.24, 2.45) is 5.73 Å². The van der Waals surface area contributed by atoms with E-state index in [4.69, 9.17) is 5.73 Å². The molecule has 0 unspecified atom stereocenters. The van der Waals surface area contributed by atoms with E-state index in [0.29, 0.717) is 10.5 Å². The van der Waals surface area contributed by atoms with Gasteiger partial charge in [0.15, 0.2) is 5.65 Å². The molecule has 1 amide bonds. The molecule has 4 N–H and O–H groups in total. The molecule has 0 saturated heterocycles. The zero-order chi connectivity index (χ0) is 9.71. The Morgan fingerprint density at radius 2 is 2.36 bits per heavy atom. The van der Waals surface area contributed by atoms with E-state index in [1.54, 1.807) is 6.07 Å². The maximum Gasteiger partial charge on any atom is 0.258 e. The molecule has 0 atom stereocenters. The molecule has 14 heavy (non-hydrogen) atoms. The molecule has 0 fully saturated rings. The van der Waals surface area contributed by atoms with Crippen LogP contribution < -0.4 is 5.73 Å². The van der Waals surface area contributed by atoms with Gasteiger partial charge in [0.25, 0.3) is 5.91 Å². The van der Waals surface area contributed by atoms with Crippen LogP contribution in [-0.4, -0.2) is 26.3 Å². The highest BCUT2D eigenvalue weighted by atomic mass is 32.1. The number of nitrogens with two attached hydrogens (primary N) is 1. The van der Waals surface area contributed by atoms with Crippen molar-refractivity contribution in [1.29, 1.82) is 0 Å². The van der Waals surface area contributed by atoms with Crippen molar-refractivity contribution in [1.82, 2.24) is 20.4 Å². The molecule has 0 aromatic carbocycles. The average Bonchev–Trinajstić information content (AvgIpc) is 2.70. The number of thiophene rings is 1. The number of aromatic nitrogens is 4. The van der Waals surface area contributed by atoms with Gasteiger partial charge in [-0.3, -0.25) is 4.79 Å². The number of nitrogens with one attached hydrogen (secondary N) is 2. The monoisotopic (exact) mass is 207 g/mol. The highest BCUT2D eigenvalue weighted by Crippen LogP contribution is 2.30. The first kappa shape index (κ1) is 7.51. The van der Waals surface area contributed by atoms with Crippen molar-refractivity contribution in [3.8, 4) is 0 Å². The fraction of sp³-hybridized carbons (Fsp3) is 0. The Labute approximate surface area is 81.1 Å². The number of rotatable bonds is 1. The van der Waals surface area contributed by atoms with Crippen molar-refractivity contribution in [3.63, 3.8) is 0 Å². The molecule has 7 heteroatoms. The predicted octanol–water partition coefficient (Wildman–Crippen LogP) is 0.600. The van der Waals surface area contributed by atoms with Crippen LogP contribution in [0.4, 0.5) is 0 Å². The van der Waals surface area contributed by atoms with Crippen LogP contribution >= 0.6 is 11.3 Å². The molecule has 0 aliphatic rings. The third-order valence-corrected chi connectivity index (χ3v) is 3.15. The topological polar surface area (TPSA) is 100 Å². The standard InChI is InChI=1S/C7H5N5OS/c8-6(13)3-1-2-5(14-3)4-7(9-2)11-12-10-4/h1H,(H2,8,13)(H2,9,10,11,12). The molecule has 0 aliphatic carbocycles. The summed E-state index contributed by atoms with van der Waals surface area (Å²) in [5.74, 6) is -0.420. The van der Waals surface area contributed by atoms with E-state index in [-0.39, 0.29) is 0 Å². The first-order chi connectivity index (χ1) is 6.75. The molecule has 0 radical (unpaired) electrons. The quantitative estimate of drug-likeness (QED) is 0.544. The molecule has 0 bridgehead atoms. The maximum atomic E-state index is 10.9. The maximum absolute atomic E-state index is 10.9. The highest BCUT2D eigenvalue weighted by Gasteiger charge is 2.13. The summed E-state index contributed by atoms with van der Waals surface area (Å²) in [6, 6.07) is 1.71. The summed E-state index contributed by atoms with van der Waals surface area (Å²) >= 11 is 1.32. The van der Waals surface area contributed by atoms with Gasteiger partial charge in [0.05, 0.1) is 15.1 Å². The number of amides is 1.